The minimum atomic E-state index is -0.217. The molecule has 140 valence electrons. The summed E-state index contributed by atoms with van der Waals surface area (Å²) in [4.78, 5) is 11.1. The minimum Gasteiger partial charge on any atom is -0.494 e. The van der Waals surface area contributed by atoms with Crippen molar-refractivity contribution in [3.05, 3.63) is 42.0 Å². The number of benzene rings is 1. The molecule has 0 saturated carbocycles. The molecule has 0 unspecified atom stereocenters. The fraction of sp³-hybridized carbons (Fsp3) is 0.591. The smallest absolute Gasteiger partial charge is 0.302 e. The summed E-state index contributed by atoms with van der Waals surface area (Å²) in [6.07, 6.45) is 13.0. The van der Waals surface area contributed by atoms with Crippen molar-refractivity contribution in [2.75, 3.05) is 13.2 Å². The second-order valence-electron chi connectivity index (χ2n) is 6.46. The summed E-state index contributed by atoms with van der Waals surface area (Å²) >= 11 is 0. The van der Waals surface area contributed by atoms with Crippen molar-refractivity contribution in [1.82, 2.24) is 0 Å². The number of ether oxygens (including phenoxy) is 2. The standard InChI is InChI=1S/C22H34O3/c1-3-4-5-6-7-8-10-14-21(19-25-20(2)23)15-13-18-24-22-16-11-9-12-17-22/h9,11-12,14,16-17H,3-8,10,13,15,18-19H2,1-2H3/b21-14-. The molecule has 0 radical (unpaired) electrons. The number of carbonyl (C=O) groups excluding carboxylic acids is 1. The molecule has 0 heterocycles. The highest BCUT2D eigenvalue weighted by atomic mass is 16.5. The van der Waals surface area contributed by atoms with Gasteiger partial charge in [-0.25, -0.2) is 0 Å². The summed E-state index contributed by atoms with van der Waals surface area (Å²) in [5, 5.41) is 0. The van der Waals surface area contributed by atoms with Crippen LogP contribution < -0.4 is 4.74 Å². The Bertz CT molecular complexity index is 479. The Hall–Kier alpha value is -1.77. The van der Waals surface area contributed by atoms with Gasteiger partial charge in [-0.05, 0) is 43.4 Å². The van der Waals surface area contributed by atoms with Gasteiger partial charge in [-0.1, -0.05) is 63.3 Å². The molecule has 0 aliphatic carbocycles. The monoisotopic (exact) mass is 346 g/mol. The van der Waals surface area contributed by atoms with Crippen LogP contribution in [0.4, 0.5) is 0 Å². The molecule has 0 bridgehead atoms. The highest BCUT2D eigenvalue weighted by Crippen LogP contribution is 2.14. The van der Waals surface area contributed by atoms with Crippen molar-refractivity contribution in [3.63, 3.8) is 0 Å². The van der Waals surface area contributed by atoms with Crippen molar-refractivity contribution in [2.24, 2.45) is 0 Å². The predicted molar refractivity (Wildman–Crippen MR) is 104 cm³/mol. The average Bonchev–Trinajstić information content (AvgIpc) is 2.62. The molecule has 1 aromatic rings. The van der Waals surface area contributed by atoms with Crippen LogP contribution in [0.3, 0.4) is 0 Å². The van der Waals surface area contributed by atoms with E-state index in [-0.39, 0.29) is 5.97 Å². The summed E-state index contributed by atoms with van der Waals surface area (Å²) in [6, 6.07) is 9.86. The fourth-order valence-electron chi connectivity index (χ4n) is 2.66. The summed E-state index contributed by atoms with van der Waals surface area (Å²) in [6.45, 7) is 4.80. The molecule has 0 saturated heterocycles. The van der Waals surface area contributed by atoms with Gasteiger partial charge in [0.25, 0.3) is 0 Å². The van der Waals surface area contributed by atoms with E-state index in [4.69, 9.17) is 9.47 Å². The molecule has 25 heavy (non-hydrogen) atoms. The maximum Gasteiger partial charge on any atom is 0.302 e. The van der Waals surface area contributed by atoms with Crippen LogP contribution in [-0.4, -0.2) is 19.2 Å². The maximum absolute atomic E-state index is 11.1. The van der Waals surface area contributed by atoms with Crippen molar-refractivity contribution >= 4 is 5.97 Å². The Labute approximate surface area is 153 Å². The third kappa shape index (κ3) is 12.3. The Morgan fingerprint density at radius 1 is 1.00 bits per heavy atom. The van der Waals surface area contributed by atoms with E-state index >= 15 is 0 Å². The number of carbonyl (C=O) groups is 1. The number of esters is 1. The number of rotatable bonds is 14. The van der Waals surface area contributed by atoms with Gasteiger partial charge in [-0.2, -0.15) is 0 Å². The van der Waals surface area contributed by atoms with E-state index in [1.165, 1.54) is 51.0 Å². The lowest BCUT2D eigenvalue weighted by Gasteiger charge is -2.10. The normalized spacial score (nSPS) is 11.4. The molecule has 0 atom stereocenters. The van der Waals surface area contributed by atoms with Gasteiger partial charge < -0.3 is 9.47 Å². The van der Waals surface area contributed by atoms with E-state index in [2.05, 4.69) is 13.0 Å². The Morgan fingerprint density at radius 3 is 2.44 bits per heavy atom. The van der Waals surface area contributed by atoms with Crippen molar-refractivity contribution in [1.29, 1.82) is 0 Å². The lowest BCUT2D eigenvalue weighted by molar-refractivity contribution is -0.140. The molecule has 0 spiro atoms. The number of allylic oxidation sites excluding steroid dienone is 1. The fourth-order valence-corrected chi connectivity index (χ4v) is 2.66. The van der Waals surface area contributed by atoms with Gasteiger partial charge in [-0.3, -0.25) is 4.79 Å². The zero-order chi connectivity index (χ0) is 18.2. The Balaban J connectivity index is 2.25. The molecule has 0 N–H and O–H groups in total. The highest BCUT2D eigenvalue weighted by molar-refractivity contribution is 5.66. The van der Waals surface area contributed by atoms with Gasteiger partial charge in [0.15, 0.2) is 0 Å². The largest absolute Gasteiger partial charge is 0.494 e. The predicted octanol–water partition coefficient (Wildman–Crippen LogP) is 6.09. The van der Waals surface area contributed by atoms with Crippen LogP contribution in [0.25, 0.3) is 0 Å². The second-order valence-corrected chi connectivity index (χ2v) is 6.46. The van der Waals surface area contributed by atoms with Crippen LogP contribution in [0.15, 0.2) is 42.0 Å². The Kier molecular flexibility index (Phi) is 12.4. The number of para-hydroxylation sites is 1. The van der Waals surface area contributed by atoms with Crippen LogP contribution in [-0.2, 0) is 9.53 Å². The summed E-state index contributed by atoms with van der Waals surface area (Å²) < 4.78 is 10.9. The van der Waals surface area contributed by atoms with Crippen molar-refractivity contribution < 1.29 is 14.3 Å². The van der Waals surface area contributed by atoms with Gasteiger partial charge in [0.2, 0.25) is 0 Å². The molecule has 3 heteroatoms. The molecular formula is C22H34O3. The second kappa shape index (κ2) is 14.6. The van der Waals surface area contributed by atoms with E-state index in [1.54, 1.807) is 0 Å². The van der Waals surface area contributed by atoms with Gasteiger partial charge in [-0.15, -0.1) is 0 Å². The first-order valence-corrected chi connectivity index (χ1v) is 9.71. The molecule has 0 amide bonds. The molecule has 0 fully saturated rings. The van der Waals surface area contributed by atoms with Crippen LogP contribution in [0.2, 0.25) is 0 Å². The van der Waals surface area contributed by atoms with Gasteiger partial charge >= 0.3 is 5.97 Å². The first kappa shape index (κ1) is 21.3. The number of hydrogen-bond acceptors (Lipinski definition) is 3. The molecule has 1 rings (SSSR count). The van der Waals surface area contributed by atoms with Crippen LogP contribution in [0.1, 0.15) is 71.6 Å². The highest BCUT2D eigenvalue weighted by Gasteiger charge is 2.02. The van der Waals surface area contributed by atoms with Crippen LogP contribution >= 0.6 is 0 Å². The summed E-state index contributed by atoms with van der Waals surface area (Å²) in [5.41, 5.74) is 1.21. The molecule has 3 nitrogen and oxygen atoms in total. The van der Waals surface area contributed by atoms with E-state index in [0.717, 1.165) is 25.0 Å². The van der Waals surface area contributed by atoms with Gasteiger partial charge in [0.1, 0.15) is 12.4 Å². The molecule has 0 aromatic heterocycles. The quantitative estimate of drug-likeness (QED) is 0.232. The van der Waals surface area contributed by atoms with E-state index in [1.807, 2.05) is 30.3 Å². The average molecular weight is 347 g/mol. The van der Waals surface area contributed by atoms with Crippen LogP contribution in [0, 0.1) is 0 Å². The zero-order valence-electron chi connectivity index (χ0n) is 16.0. The first-order valence-electron chi connectivity index (χ1n) is 9.71. The SMILES string of the molecule is CCCCCCCC/C=C(/CCCOc1ccccc1)COC(C)=O. The van der Waals surface area contributed by atoms with E-state index in [0.29, 0.717) is 13.2 Å². The van der Waals surface area contributed by atoms with Crippen LogP contribution in [0.5, 0.6) is 5.75 Å². The number of hydrogen-bond donors (Lipinski definition) is 0. The van der Waals surface area contributed by atoms with Gasteiger partial charge in [0.05, 0.1) is 6.61 Å². The van der Waals surface area contributed by atoms with E-state index < -0.39 is 0 Å². The maximum atomic E-state index is 11.1. The summed E-state index contributed by atoms with van der Waals surface area (Å²) in [7, 11) is 0. The number of unbranched alkanes of at least 4 members (excludes halogenated alkanes) is 6. The molecule has 1 aromatic carbocycles. The Morgan fingerprint density at radius 2 is 1.72 bits per heavy atom. The minimum absolute atomic E-state index is 0.217. The lowest BCUT2D eigenvalue weighted by atomic mass is 10.1. The summed E-state index contributed by atoms with van der Waals surface area (Å²) in [5.74, 6) is 0.686. The van der Waals surface area contributed by atoms with Crippen molar-refractivity contribution in [3.8, 4) is 5.75 Å². The van der Waals surface area contributed by atoms with Gasteiger partial charge in [0, 0.05) is 6.92 Å². The molecule has 0 aliphatic rings. The first-order chi connectivity index (χ1) is 12.2. The molecular weight excluding hydrogens is 312 g/mol. The van der Waals surface area contributed by atoms with E-state index in [9.17, 15) is 4.79 Å². The zero-order valence-corrected chi connectivity index (χ0v) is 16.0. The van der Waals surface area contributed by atoms with Crippen molar-refractivity contribution in [2.45, 2.75) is 71.6 Å². The molecule has 0 aliphatic heterocycles. The topological polar surface area (TPSA) is 35.5 Å². The lowest BCUT2D eigenvalue weighted by Crippen LogP contribution is -2.05. The third-order valence-corrected chi connectivity index (χ3v) is 4.11. The third-order valence-electron chi connectivity index (χ3n) is 4.11.